The Labute approximate surface area is 341 Å². The maximum Gasteiger partial charge on any atom is 0.306 e. The van der Waals surface area contributed by atoms with Crippen molar-refractivity contribution in [3.63, 3.8) is 0 Å². The van der Waals surface area contributed by atoms with Gasteiger partial charge in [0.2, 0.25) is 0 Å². The zero-order valence-electron chi connectivity index (χ0n) is 37.0. The van der Waals surface area contributed by atoms with E-state index in [1.54, 1.807) is 0 Å². The molecule has 0 aromatic carbocycles. The summed E-state index contributed by atoms with van der Waals surface area (Å²) in [6, 6.07) is 0. The molecule has 0 rings (SSSR count). The topological polar surface area (TPSA) is 78.9 Å². The van der Waals surface area contributed by atoms with Gasteiger partial charge in [-0.05, 0) is 44.9 Å². The number of hydrogen-bond acceptors (Lipinski definition) is 6. The van der Waals surface area contributed by atoms with Crippen LogP contribution in [0.15, 0.2) is 12.2 Å². The van der Waals surface area contributed by atoms with Gasteiger partial charge in [0.05, 0.1) is 0 Å². The molecule has 1 atom stereocenters. The quantitative estimate of drug-likeness (QED) is 0.0265. The van der Waals surface area contributed by atoms with Crippen LogP contribution in [-0.4, -0.2) is 37.2 Å². The summed E-state index contributed by atoms with van der Waals surface area (Å²) >= 11 is 0. The van der Waals surface area contributed by atoms with Crippen LogP contribution in [0.4, 0.5) is 0 Å². The highest BCUT2D eigenvalue weighted by Gasteiger charge is 2.19. The number of carbonyl (C=O) groups is 3. The second-order valence-corrected chi connectivity index (χ2v) is 16.4. The highest BCUT2D eigenvalue weighted by atomic mass is 16.6. The highest BCUT2D eigenvalue weighted by molar-refractivity contribution is 5.71. The van der Waals surface area contributed by atoms with Crippen LogP contribution in [0.2, 0.25) is 0 Å². The van der Waals surface area contributed by atoms with Crippen molar-refractivity contribution in [3.8, 4) is 0 Å². The lowest BCUT2D eigenvalue weighted by molar-refractivity contribution is -0.167. The molecule has 0 saturated carbocycles. The lowest BCUT2D eigenvalue weighted by Crippen LogP contribution is -2.30. The van der Waals surface area contributed by atoms with Gasteiger partial charge in [0.25, 0.3) is 0 Å². The van der Waals surface area contributed by atoms with E-state index >= 15 is 0 Å². The molecule has 324 valence electrons. The van der Waals surface area contributed by atoms with Crippen LogP contribution in [-0.2, 0) is 28.6 Å². The van der Waals surface area contributed by atoms with E-state index in [0.717, 1.165) is 57.8 Å². The minimum Gasteiger partial charge on any atom is -0.462 e. The Bertz CT molecular complexity index is 854. The number of allylic oxidation sites excluding steroid dienone is 2. The molecule has 0 amide bonds. The van der Waals surface area contributed by atoms with Crippen LogP contribution in [0.25, 0.3) is 0 Å². The van der Waals surface area contributed by atoms with E-state index in [1.807, 2.05) is 0 Å². The number of carbonyl (C=O) groups excluding carboxylic acids is 3. The average Bonchev–Trinajstić information content (AvgIpc) is 3.18. The van der Waals surface area contributed by atoms with Crippen LogP contribution in [0.5, 0.6) is 0 Å². The molecule has 1 unspecified atom stereocenters. The normalized spacial score (nSPS) is 12.0. The van der Waals surface area contributed by atoms with Gasteiger partial charge in [0.1, 0.15) is 13.2 Å². The number of rotatable bonds is 44. The summed E-state index contributed by atoms with van der Waals surface area (Å²) in [5, 5.41) is 0. The van der Waals surface area contributed by atoms with E-state index in [0.29, 0.717) is 19.3 Å². The van der Waals surface area contributed by atoms with Gasteiger partial charge in [0.15, 0.2) is 6.10 Å². The maximum absolute atomic E-state index is 12.7. The van der Waals surface area contributed by atoms with E-state index in [2.05, 4.69) is 32.9 Å². The summed E-state index contributed by atoms with van der Waals surface area (Å²) in [5.74, 6) is -0.861. The predicted octanol–water partition coefficient (Wildman–Crippen LogP) is 15.4. The van der Waals surface area contributed by atoms with Crippen molar-refractivity contribution in [1.29, 1.82) is 0 Å². The van der Waals surface area contributed by atoms with Crippen LogP contribution >= 0.6 is 0 Å². The average molecular weight is 777 g/mol. The first kappa shape index (κ1) is 53.1. The maximum atomic E-state index is 12.7. The Kier molecular flexibility index (Phi) is 43.4. The fraction of sp³-hybridized carbons (Fsp3) is 0.898. The smallest absolute Gasteiger partial charge is 0.306 e. The Morgan fingerprint density at radius 2 is 0.600 bits per heavy atom. The molecule has 0 aliphatic carbocycles. The van der Waals surface area contributed by atoms with Crippen LogP contribution in [0, 0.1) is 0 Å². The fourth-order valence-electron chi connectivity index (χ4n) is 7.08. The Hall–Kier alpha value is -1.85. The van der Waals surface area contributed by atoms with Gasteiger partial charge in [-0.2, -0.15) is 0 Å². The third kappa shape index (κ3) is 43.1. The van der Waals surface area contributed by atoms with Gasteiger partial charge in [0, 0.05) is 19.3 Å². The summed E-state index contributed by atoms with van der Waals surface area (Å²) < 4.78 is 16.7. The van der Waals surface area contributed by atoms with E-state index in [9.17, 15) is 14.4 Å². The molecule has 0 N–H and O–H groups in total. The number of ether oxygens (including phenoxy) is 3. The lowest BCUT2D eigenvalue weighted by atomic mass is 10.0. The second-order valence-electron chi connectivity index (χ2n) is 16.4. The number of unbranched alkanes of at least 4 members (excludes halogenated alkanes) is 31. The summed E-state index contributed by atoms with van der Waals surface area (Å²) in [7, 11) is 0. The summed E-state index contributed by atoms with van der Waals surface area (Å²) in [5.41, 5.74) is 0. The third-order valence-corrected chi connectivity index (χ3v) is 10.8. The highest BCUT2D eigenvalue weighted by Crippen LogP contribution is 2.15. The molecule has 0 fully saturated rings. The molecule has 0 heterocycles. The van der Waals surface area contributed by atoms with E-state index < -0.39 is 6.10 Å². The first-order chi connectivity index (χ1) is 27.0. The van der Waals surface area contributed by atoms with E-state index in [-0.39, 0.29) is 31.1 Å². The monoisotopic (exact) mass is 777 g/mol. The van der Waals surface area contributed by atoms with Gasteiger partial charge in [-0.1, -0.05) is 213 Å². The largest absolute Gasteiger partial charge is 0.462 e. The van der Waals surface area contributed by atoms with Crippen LogP contribution in [0.3, 0.4) is 0 Å². The zero-order valence-corrected chi connectivity index (χ0v) is 37.0. The Morgan fingerprint density at radius 3 is 0.927 bits per heavy atom. The van der Waals surface area contributed by atoms with Crippen LogP contribution in [0.1, 0.15) is 265 Å². The van der Waals surface area contributed by atoms with Gasteiger partial charge < -0.3 is 14.2 Å². The SMILES string of the molecule is CCCCCC/C=C\CCCCCCCCCC(=O)OCC(COC(=O)CCCCCCCCCCCC)OC(=O)CCCCCCCCCCCCCC. The standard InChI is InChI=1S/C49H92O6/c1-4-7-10-13-16-19-22-24-25-26-28-30-33-36-39-42-48(51)54-45-46(44-53-47(50)41-38-35-32-29-21-18-15-12-9-6-3)55-49(52)43-40-37-34-31-27-23-20-17-14-11-8-5-2/h19,22,46H,4-18,20-21,23-45H2,1-3H3/b22-19-. The van der Waals surface area contributed by atoms with Crippen molar-refractivity contribution in [2.45, 2.75) is 271 Å². The molecule has 0 aliphatic heterocycles. The van der Waals surface area contributed by atoms with Gasteiger partial charge in [-0.3, -0.25) is 14.4 Å². The summed E-state index contributed by atoms with van der Waals surface area (Å²) in [6.07, 6.45) is 47.6. The third-order valence-electron chi connectivity index (χ3n) is 10.8. The Morgan fingerprint density at radius 1 is 0.345 bits per heavy atom. The molecule has 0 bridgehead atoms. The van der Waals surface area contributed by atoms with E-state index in [4.69, 9.17) is 14.2 Å². The van der Waals surface area contributed by atoms with Gasteiger partial charge in [-0.15, -0.1) is 0 Å². The van der Waals surface area contributed by atoms with Gasteiger partial charge in [-0.25, -0.2) is 0 Å². The first-order valence-corrected chi connectivity index (χ1v) is 24.2. The minimum atomic E-state index is -0.763. The molecule has 0 saturated heterocycles. The molecule has 0 aromatic rings. The molecule has 0 aromatic heterocycles. The van der Waals surface area contributed by atoms with E-state index in [1.165, 1.54) is 167 Å². The summed E-state index contributed by atoms with van der Waals surface area (Å²) in [6.45, 7) is 6.62. The molecular weight excluding hydrogens is 685 g/mol. The van der Waals surface area contributed by atoms with Crippen molar-refractivity contribution >= 4 is 17.9 Å². The van der Waals surface area contributed by atoms with Gasteiger partial charge >= 0.3 is 17.9 Å². The minimum absolute atomic E-state index is 0.0667. The lowest BCUT2D eigenvalue weighted by Gasteiger charge is -2.18. The second kappa shape index (κ2) is 44.9. The Balaban J connectivity index is 4.32. The molecule has 0 radical (unpaired) electrons. The van der Waals surface area contributed by atoms with Crippen molar-refractivity contribution < 1.29 is 28.6 Å². The molecular formula is C49H92O6. The molecule has 6 nitrogen and oxygen atoms in total. The zero-order chi connectivity index (χ0) is 40.1. The predicted molar refractivity (Wildman–Crippen MR) is 233 cm³/mol. The van der Waals surface area contributed by atoms with Crippen molar-refractivity contribution in [2.75, 3.05) is 13.2 Å². The van der Waals surface area contributed by atoms with Crippen molar-refractivity contribution in [3.05, 3.63) is 12.2 Å². The number of esters is 3. The van der Waals surface area contributed by atoms with Crippen molar-refractivity contribution in [2.24, 2.45) is 0 Å². The molecule has 6 heteroatoms. The molecule has 55 heavy (non-hydrogen) atoms. The summed E-state index contributed by atoms with van der Waals surface area (Å²) in [4.78, 5) is 37.8. The number of hydrogen-bond donors (Lipinski definition) is 0. The van der Waals surface area contributed by atoms with Crippen molar-refractivity contribution in [1.82, 2.24) is 0 Å². The van der Waals surface area contributed by atoms with Crippen LogP contribution < -0.4 is 0 Å². The molecule has 0 spiro atoms. The first-order valence-electron chi connectivity index (χ1n) is 24.2. The fourth-order valence-corrected chi connectivity index (χ4v) is 7.08. The molecule has 0 aliphatic rings.